The van der Waals surface area contributed by atoms with Crippen molar-refractivity contribution in [1.29, 1.82) is 0 Å². The summed E-state index contributed by atoms with van der Waals surface area (Å²) in [5.74, 6) is -4.00. The van der Waals surface area contributed by atoms with E-state index < -0.39 is 54.2 Å². The Morgan fingerprint density at radius 1 is 1.27 bits per heavy atom. The van der Waals surface area contributed by atoms with Gasteiger partial charge in [-0.1, -0.05) is 19.3 Å². The molecule has 1 aromatic heterocycles. The number of carbonyl (C=O) groups is 2. The van der Waals surface area contributed by atoms with E-state index in [-0.39, 0.29) is 10.5 Å². The van der Waals surface area contributed by atoms with Gasteiger partial charge in [-0.3, -0.25) is 14.2 Å². The zero-order valence-electron chi connectivity index (χ0n) is 16.2. The lowest BCUT2D eigenvalue weighted by Crippen LogP contribution is -2.46. The van der Waals surface area contributed by atoms with Gasteiger partial charge in [0.2, 0.25) is 0 Å². The molecule has 30 heavy (non-hydrogen) atoms. The van der Waals surface area contributed by atoms with Crippen molar-refractivity contribution in [3.8, 4) is 0 Å². The maximum Gasteiger partial charge on any atom is 0.425 e. The molecule has 1 aliphatic heterocycles. The summed E-state index contributed by atoms with van der Waals surface area (Å²) in [6.07, 6.45) is -2.34. The maximum atomic E-state index is 15.2. The molecule has 0 unspecified atom stereocenters. The zero-order valence-corrected chi connectivity index (χ0v) is 16.2. The number of halogens is 1. The normalized spacial score (nSPS) is 29.5. The first-order valence-electron chi connectivity index (χ1n) is 9.51. The van der Waals surface area contributed by atoms with Crippen molar-refractivity contribution in [2.75, 3.05) is 13.7 Å². The van der Waals surface area contributed by atoms with Crippen LogP contribution >= 0.6 is 0 Å². The molecular weight excluding hydrogens is 407 g/mol. The molecule has 166 valence electrons. The molecule has 12 heteroatoms. The first kappa shape index (κ1) is 22.1. The molecule has 2 heterocycles. The number of methoxy groups -OCH3 is 1. The van der Waals surface area contributed by atoms with E-state index >= 15 is 4.39 Å². The standard InChI is InChI=1S/C18H23FN2O9/c1-28-17(27)21-11(22)7-8-20(16(21)26)14-12(23)13(24)18(19,30-14)9-29-15(25)10-5-3-2-4-6-10/h7-8,10,12-14,23-24H,2-6,9H2,1H3/t12-,13+,14-,18-/m1/s1. The lowest BCUT2D eigenvalue weighted by molar-refractivity contribution is -0.218. The minimum atomic E-state index is -3.00. The molecule has 2 fully saturated rings. The second-order valence-corrected chi connectivity index (χ2v) is 7.32. The second-order valence-electron chi connectivity index (χ2n) is 7.32. The van der Waals surface area contributed by atoms with Gasteiger partial charge in [-0.2, -0.15) is 4.57 Å². The Bertz CT molecular complexity index is 923. The molecule has 4 atom stereocenters. The summed E-state index contributed by atoms with van der Waals surface area (Å²) in [6, 6.07) is 0.808. The average molecular weight is 430 g/mol. The molecule has 0 spiro atoms. The highest BCUT2D eigenvalue weighted by atomic mass is 19.2. The quantitative estimate of drug-likeness (QED) is 0.613. The van der Waals surface area contributed by atoms with Gasteiger partial charge in [0.05, 0.1) is 13.0 Å². The van der Waals surface area contributed by atoms with Crippen molar-refractivity contribution in [2.45, 2.75) is 56.4 Å². The largest absolute Gasteiger partial charge is 0.459 e. The van der Waals surface area contributed by atoms with E-state index in [0.29, 0.717) is 17.4 Å². The maximum absolute atomic E-state index is 15.2. The Kier molecular flexibility index (Phi) is 6.38. The fourth-order valence-electron chi connectivity index (χ4n) is 3.66. The van der Waals surface area contributed by atoms with Crippen LogP contribution in [0.2, 0.25) is 0 Å². The van der Waals surface area contributed by atoms with Gasteiger partial charge in [0, 0.05) is 12.3 Å². The highest BCUT2D eigenvalue weighted by Crippen LogP contribution is 2.38. The average Bonchev–Trinajstić information content (AvgIpc) is 2.97. The van der Waals surface area contributed by atoms with E-state index in [1.165, 1.54) is 0 Å². The van der Waals surface area contributed by atoms with E-state index in [0.717, 1.165) is 38.6 Å². The lowest BCUT2D eigenvalue weighted by Gasteiger charge is -2.25. The Morgan fingerprint density at radius 2 is 1.93 bits per heavy atom. The predicted octanol–water partition coefficient (Wildman–Crippen LogP) is -0.336. The molecule has 2 N–H and O–H groups in total. The highest BCUT2D eigenvalue weighted by Gasteiger charge is 2.57. The molecule has 11 nitrogen and oxygen atoms in total. The summed E-state index contributed by atoms with van der Waals surface area (Å²) in [5, 5.41) is 20.3. The van der Waals surface area contributed by atoms with E-state index in [1.807, 2.05) is 0 Å². The molecular formula is C18H23FN2O9. The van der Waals surface area contributed by atoms with Crippen LogP contribution < -0.4 is 11.2 Å². The van der Waals surface area contributed by atoms with Crippen LogP contribution in [0.1, 0.15) is 38.3 Å². The smallest absolute Gasteiger partial charge is 0.425 e. The van der Waals surface area contributed by atoms with Gasteiger partial charge in [0.25, 0.3) is 11.4 Å². The number of ether oxygens (including phenoxy) is 3. The van der Waals surface area contributed by atoms with Gasteiger partial charge in [0.15, 0.2) is 12.8 Å². The van der Waals surface area contributed by atoms with Gasteiger partial charge in [-0.25, -0.2) is 14.0 Å². The van der Waals surface area contributed by atoms with Crippen molar-refractivity contribution in [3.63, 3.8) is 0 Å². The Balaban J connectivity index is 1.79. The van der Waals surface area contributed by atoms with Crippen molar-refractivity contribution in [3.05, 3.63) is 33.1 Å². The third kappa shape index (κ3) is 4.02. The molecule has 0 aromatic carbocycles. The number of carbonyl (C=O) groups excluding carboxylic acids is 2. The van der Waals surface area contributed by atoms with Crippen LogP contribution in [0.15, 0.2) is 21.9 Å². The van der Waals surface area contributed by atoms with Crippen molar-refractivity contribution in [1.82, 2.24) is 9.13 Å². The number of rotatable bonds is 4. The number of nitrogens with zero attached hydrogens (tertiary/aromatic N) is 2. The highest BCUT2D eigenvalue weighted by molar-refractivity contribution is 5.72. The summed E-state index contributed by atoms with van der Waals surface area (Å²) in [4.78, 5) is 48.0. The van der Waals surface area contributed by atoms with Crippen molar-refractivity contribution in [2.24, 2.45) is 5.92 Å². The fourth-order valence-corrected chi connectivity index (χ4v) is 3.66. The van der Waals surface area contributed by atoms with E-state index in [1.54, 1.807) is 0 Å². The Hall–Kier alpha value is -2.57. The first-order valence-corrected chi connectivity index (χ1v) is 9.51. The summed E-state index contributed by atoms with van der Waals surface area (Å²) in [7, 11) is 0.948. The number of aromatic nitrogens is 2. The predicted molar refractivity (Wildman–Crippen MR) is 96.3 cm³/mol. The van der Waals surface area contributed by atoms with Crippen LogP contribution in [-0.2, 0) is 19.0 Å². The van der Waals surface area contributed by atoms with Gasteiger partial charge in [-0.05, 0) is 12.8 Å². The van der Waals surface area contributed by atoms with Crippen LogP contribution in [0.5, 0.6) is 0 Å². The topological polar surface area (TPSA) is 146 Å². The van der Waals surface area contributed by atoms with Gasteiger partial charge < -0.3 is 24.4 Å². The Labute approximate surface area is 169 Å². The minimum Gasteiger partial charge on any atom is -0.459 e. The monoisotopic (exact) mass is 430 g/mol. The van der Waals surface area contributed by atoms with Crippen LogP contribution in [0.4, 0.5) is 9.18 Å². The van der Waals surface area contributed by atoms with Crippen molar-refractivity contribution >= 4 is 12.1 Å². The number of esters is 1. The number of aliphatic hydroxyl groups excluding tert-OH is 2. The third-order valence-corrected chi connectivity index (χ3v) is 5.37. The van der Waals surface area contributed by atoms with Crippen LogP contribution in [0, 0.1) is 5.92 Å². The van der Waals surface area contributed by atoms with E-state index in [9.17, 15) is 29.4 Å². The number of aliphatic hydroxyl groups is 2. The zero-order chi connectivity index (χ0) is 22.1. The first-order chi connectivity index (χ1) is 14.2. The third-order valence-electron chi connectivity index (χ3n) is 5.37. The van der Waals surface area contributed by atoms with E-state index in [4.69, 9.17) is 9.47 Å². The molecule has 0 radical (unpaired) electrons. The molecule has 1 aliphatic carbocycles. The molecule has 1 saturated carbocycles. The second kappa shape index (κ2) is 8.66. The summed E-state index contributed by atoms with van der Waals surface area (Å²) < 4.78 is 30.2. The summed E-state index contributed by atoms with van der Waals surface area (Å²) in [5.41, 5.74) is -2.28. The Morgan fingerprint density at radius 3 is 2.57 bits per heavy atom. The molecule has 2 aliphatic rings. The molecule has 1 saturated heterocycles. The fraction of sp³-hybridized carbons (Fsp3) is 0.667. The summed E-state index contributed by atoms with van der Waals surface area (Å²) in [6.45, 7) is -0.998. The van der Waals surface area contributed by atoms with E-state index in [2.05, 4.69) is 4.74 Å². The summed E-state index contributed by atoms with van der Waals surface area (Å²) >= 11 is 0. The van der Waals surface area contributed by atoms with Gasteiger partial charge in [0.1, 0.15) is 12.2 Å². The molecule has 0 amide bonds. The van der Waals surface area contributed by atoms with Crippen LogP contribution in [0.3, 0.4) is 0 Å². The van der Waals surface area contributed by atoms with Crippen LogP contribution in [0.25, 0.3) is 0 Å². The van der Waals surface area contributed by atoms with Gasteiger partial charge >= 0.3 is 17.8 Å². The lowest BCUT2D eigenvalue weighted by atomic mass is 9.89. The SMILES string of the molecule is COC(=O)n1c(=O)ccn([C@@H]2O[C@](F)(COC(=O)C3CCCCC3)[C@@H](O)[C@H]2O)c1=O. The number of hydrogen-bond acceptors (Lipinski definition) is 9. The van der Waals surface area contributed by atoms with Gasteiger partial charge in [-0.15, -0.1) is 0 Å². The molecule has 0 bridgehead atoms. The van der Waals surface area contributed by atoms with Crippen molar-refractivity contribution < 1.29 is 38.4 Å². The van der Waals surface area contributed by atoms with Crippen LogP contribution in [-0.4, -0.2) is 63.2 Å². The molecule has 3 rings (SSSR count). The number of alkyl halides is 1. The minimum absolute atomic E-state index is 0.115. The molecule has 1 aromatic rings. The number of hydrogen-bond donors (Lipinski definition) is 2.